The zero-order valence-corrected chi connectivity index (χ0v) is 11.4. The molecule has 116 valence electrons. The lowest BCUT2D eigenvalue weighted by Gasteiger charge is -2.33. The fraction of sp³-hybridized carbons (Fsp3) is 0.462. The summed E-state index contributed by atoms with van der Waals surface area (Å²) < 4.78 is 43.6. The third-order valence-electron chi connectivity index (χ3n) is 3.36. The largest absolute Gasteiger partial charge is 0.416 e. The molecule has 0 bridgehead atoms. The Kier molecular flexibility index (Phi) is 4.38. The number of anilines is 1. The normalized spacial score (nSPS) is 19.5. The van der Waals surface area contributed by atoms with Gasteiger partial charge in [-0.1, -0.05) is 0 Å². The van der Waals surface area contributed by atoms with Crippen molar-refractivity contribution in [1.82, 2.24) is 4.90 Å². The molecule has 1 aromatic rings. The molecule has 3 N–H and O–H groups in total. The van der Waals surface area contributed by atoms with E-state index in [4.69, 9.17) is 10.6 Å². The van der Waals surface area contributed by atoms with E-state index in [1.165, 1.54) is 4.90 Å². The fourth-order valence-corrected chi connectivity index (χ4v) is 2.21. The monoisotopic (exact) mass is 303 g/mol. The Balaban J connectivity index is 2.38. The lowest BCUT2D eigenvalue weighted by Crippen LogP contribution is -2.47. The molecule has 1 fully saturated rings. The summed E-state index contributed by atoms with van der Waals surface area (Å²) in [5, 5.41) is 0. The molecule has 1 atom stereocenters. The van der Waals surface area contributed by atoms with Gasteiger partial charge >= 0.3 is 6.18 Å². The number of rotatable bonds is 2. The van der Waals surface area contributed by atoms with Crippen molar-refractivity contribution in [3.05, 3.63) is 29.3 Å². The Hall–Kier alpha value is -1.80. The highest BCUT2D eigenvalue weighted by molar-refractivity contribution is 6.00. The van der Waals surface area contributed by atoms with Gasteiger partial charge in [0.2, 0.25) is 0 Å². The molecule has 1 amide bonds. The number of nitrogens with zero attached hydrogens (tertiary/aromatic N) is 1. The Morgan fingerprint density at radius 3 is 2.76 bits per heavy atom. The minimum Gasteiger partial charge on any atom is -0.377 e. The van der Waals surface area contributed by atoms with Crippen molar-refractivity contribution in [2.45, 2.75) is 19.1 Å². The highest BCUT2D eigenvalue weighted by Crippen LogP contribution is 2.32. The van der Waals surface area contributed by atoms with Crippen molar-refractivity contribution in [2.24, 2.45) is 5.84 Å². The zero-order valence-electron chi connectivity index (χ0n) is 11.4. The molecule has 1 heterocycles. The van der Waals surface area contributed by atoms with Gasteiger partial charge in [0.15, 0.2) is 0 Å². The first-order valence-corrected chi connectivity index (χ1v) is 6.41. The second-order valence-electron chi connectivity index (χ2n) is 4.82. The average molecular weight is 303 g/mol. The molecule has 1 aliphatic heterocycles. The molecule has 5 nitrogen and oxygen atoms in total. The molecule has 1 aromatic carbocycles. The van der Waals surface area contributed by atoms with Crippen LogP contribution < -0.4 is 11.3 Å². The second kappa shape index (κ2) is 5.90. The van der Waals surface area contributed by atoms with Gasteiger partial charge in [0, 0.05) is 6.54 Å². The predicted molar refractivity (Wildman–Crippen MR) is 70.6 cm³/mol. The quantitative estimate of drug-likeness (QED) is 0.646. The SMILES string of the molecule is CC1COCCN1C(=O)c1cc(C(F)(F)F)ccc1NN. The third kappa shape index (κ3) is 3.27. The van der Waals surface area contributed by atoms with Crippen LogP contribution in [0.15, 0.2) is 18.2 Å². The number of hydrogen-bond donors (Lipinski definition) is 2. The van der Waals surface area contributed by atoms with Gasteiger partial charge in [-0.2, -0.15) is 13.2 Å². The van der Waals surface area contributed by atoms with Crippen LogP contribution in [0.2, 0.25) is 0 Å². The molecule has 0 spiro atoms. The van der Waals surface area contributed by atoms with E-state index in [9.17, 15) is 18.0 Å². The van der Waals surface area contributed by atoms with Gasteiger partial charge in [-0.3, -0.25) is 10.6 Å². The molecule has 1 aliphatic rings. The summed E-state index contributed by atoms with van der Waals surface area (Å²) in [6.45, 7) is 2.83. The van der Waals surface area contributed by atoms with Crippen LogP contribution in [0.3, 0.4) is 0 Å². The minimum atomic E-state index is -4.52. The molecule has 1 unspecified atom stereocenters. The van der Waals surface area contributed by atoms with E-state index in [0.717, 1.165) is 18.2 Å². The van der Waals surface area contributed by atoms with Gasteiger partial charge in [-0.25, -0.2) is 0 Å². The molecular formula is C13H16F3N3O2. The molecule has 8 heteroatoms. The Morgan fingerprint density at radius 2 is 2.19 bits per heavy atom. The van der Waals surface area contributed by atoms with Crippen molar-refractivity contribution >= 4 is 11.6 Å². The van der Waals surface area contributed by atoms with Crippen molar-refractivity contribution < 1.29 is 22.7 Å². The Bertz CT molecular complexity index is 534. The smallest absolute Gasteiger partial charge is 0.377 e. The summed E-state index contributed by atoms with van der Waals surface area (Å²) in [6.07, 6.45) is -4.52. The number of carbonyl (C=O) groups excluding carboxylic acids is 1. The number of alkyl halides is 3. The van der Waals surface area contributed by atoms with Crippen LogP contribution in [0.4, 0.5) is 18.9 Å². The highest BCUT2D eigenvalue weighted by atomic mass is 19.4. The van der Waals surface area contributed by atoms with Crippen LogP contribution in [0.1, 0.15) is 22.8 Å². The summed E-state index contributed by atoms with van der Waals surface area (Å²) in [7, 11) is 0. The topological polar surface area (TPSA) is 67.6 Å². The lowest BCUT2D eigenvalue weighted by molar-refractivity contribution is -0.137. The van der Waals surface area contributed by atoms with Crippen molar-refractivity contribution in [3.63, 3.8) is 0 Å². The van der Waals surface area contributed by atoms with Gasteiger partial charge in [-0.05, 0) is 25.1 Å². The highest BCUT2D eigenvalue weighted by Gasteiger charge is 2.33. The molecule has 0 aliphatic carbocycles. The summed E-state index contributed by atoms with van der Waals surface area (Å²) >= 11 is 0. The number of carbonyl (C=O) groups is 1. The maximum absolute atomic E-state index is 12.8. The number of morpholine rings is 1. The summed E-state index contributed by atoms with van der Waals surface area (Å²) in [4.78, 5) is 14.0. The average Bonchev–Trinajstić information content (AvgIpc) is 2.45. The molecule has 0 radical (unpaired) electrons. The number of nitrogen functional groups attached to an aromatic ring is 1. The number of ether oxygens (including phenoxy) is 1. The fourth-order valence-electron chi connectivity index (χ4n) is 2.21. The molecule has 0 aromatic heterocycles. The van der Waals surface area contributed by atoms with Gasteiger partial charge in [0.1, 0.15) is 0 Å². The third-order valence-corrected chi connectivity index (χ3v) is 3.36. The molecule has 21 heavy (non-hydrogen) atoms. The number of halogens is 3. The zero-order chi connectivity index (χ0) is 15.6. The summed E-state index contributed by atoms with van der Waals surface area (Å²) in [6, 6.07) is 2.65. The van der Waals surface area contributed by atoms with E-state index in [1.807, 2.05) is 0 Å². The number of hydrazine groups is 1. The van der Waals surface area contributed by atoms with Crippen LogP contribution in [0, 0.1) is 0 Å². The first kappa shape index (κ1) is 15.6. The lowest BCUT2D eigenvalue weighted by atomic mass is 10.1. The predicted octanol–water partition coefficient (Wildman–Crippen LogP) is 1.85. The summed E-state index contributed by atoms with van der Waals surface area (Å²) in [5.41, 5.74) is 1.44. The van der Waals surface area contributed by atoms with Gasteiger partial charge in [0.05, 0.1) is 36.1 Å². The van der Waals surface area contributed by atoms with Crippen LogP contribution in [-0.2, 0) is 10.9 Å². The maximum Gasteiger partial charge on any atom is 0.416 e. The molecule has 1 saturated heterocycles. The van der Waals surface area contributed by atoms with E-state index in [1.54, 1.807) is 6.92 Å². The summed E-state index contributed by atoms with van der Waals surface area (Å²) in [5.74, 6) is 4.79. The van der Waals surface area contributed by atoms with Crippen molar-refractivity contribution in [3.8, 4) is 0 Å². The minimum absolute atomic E-state index is 0.0962. The number of benzene rings is 1. The van der Waals surface area contributed by atoms with Gasteiger partial charge < -0.3 is 15.1 Å². The first-order valence-electron chi connectivity index (χ1n) is 6.41. The Morgan fingerprint density at radius 1 is 1.48 bits per heavy atom. The standard InChI is InChI=1S/C13H16F3N3O2/c1-8-7-21-5-4-19(8)12(20)10-6-9(13(14,15)16)2-3-11(10)18-17/h2-3,6,8,18H,4-5,7,17H2,1H3. The number of nitrogens with one attached hydrogen (secondary N) is 1. The van der Waals surface area contributed by atoms with Crippen LogP contribution in [0.25, 0.3) is 0 Å². The van der Waals surface area contributed by atoms with Crippen LogP contribution in [-0.4, -0.2) is 36.6 Å². The van der Waals surface area contributed by atoms with E-state index >= 15 is 0 Å². The number of amides is 1. The van der Waals surface area contributed by atoms with Gasteiger partial charge in [0.25, 0.3) is 5.91 Å². The molecule has 0 saturated carbocycles. The Labute approximate surface area is 119 Å². The maximum atomic E-state index is 12.8. The molecule has 2 rings (SSSR count). The van der Waals surface area contributed by atoms with Gasteiger partial charge in [-0.15, -0.1) is 0 Å². The van der Waals surface area contributed by atoms with E-state index in [2.05, 4.69) is 5.43 Å². The van der Waals surface area contributed by atoms with Crippen molar-refractivity contribution in [2.75, 3.05) is 25.2 Å². The van der Waals surface area contributed by atoms with Crippen molar-refractivity contribution in [1.29, 1.82) is 0 Å². The van der Waals surface area contributed by atoms with E-state index < -0.39 is 17.6 Å². The molecular weight excluding hydrogens is 287 g/mol. The van der Waals surface area contributed by atoms with E-state index in [-0.39, 0.29) is 17.3 Å². The van der Waals surface area contributed by atoms with Crippen LogP contribution >= 0.6 is 0 Å². The van der Waals surface area contributed by atoms with E-state index in [0.29, 0.717) is 19.8 Å². The van der Waals surface area contributed by atoms with Crippen LogP contribution in [0.5, 0.6) is 0 Å². The first-order chi connectivity index (χ1) is 9.84. The number of nitrogens with two attached hydrogens (primary N) is 1. The number of hydrogen-bond acceptors (Lipinski definition) is 4. The second-order valence-corrected chi connectivity index (χ2v) is 4.82.